The fraction of sp³-hybridized carbons (Fsp3) is 0.500. The number of carbonyl (C=O) groups excluding carboxylic acids is 1. The Hall–Kier alpha value is -2.17. The highest BCUT2D eigenvalue weighted by molar-refractivity contribution is 7.17. The van der Waals surface area contributed by atoms with Crippen LogP contribution >= 0.6 is 22.7 Å². The predicted octanol–water partition coefficient (Wildman–Crippen LogP) is 3.20. The number of nitrogens with zero attached hydrogens (tertiary/aromatic N) is 5. The van der Waals surface area contributed by atoms with Crippen LogP contribution in [0.3, 0.4) is 0 Å². The maximum absolute atomic E-state index is 12.4. The molecule has 4 heterocycles. The lowest BCUT2D eigenvalue weighted by molar-refractivity contribution is 0.0119. The molecule has 1 atom stereocenters. The number of rotatable bonds is 3. The van der Waals surface area contributed by atoms with E-state index in [1.807, 2.05) is 26.2 Å². The number of aromatic hydroxyl groups is 1. The van der Waals surface area contributed by atoms with Crippen LogP contribution in [0.25, 0.3) is 4.96 Å². The van der Waals surface area contributed by atoms with E-state index in [9.17, 15) is 9.90 Å². The molecule has 1 amide bonds. The minimum absolute atomic E-state index is 0.0967. The minimum Gasteiger partial charge on any atom is -0.492 e. The van der Waals surface area contributed by atoms with Gasteiger partial charge >= 0.3 is 6.09 Å². The fourth-order valence-corrected chi connectivity index (χ4v) is 5.09. The Morgan fingerprint density at radius 3 is 2.64 bits per heavy atom. The number of thiazole rings is 1. The van der Waals surface area contributed by atoms with E-state index in [4.69, 9.17) is 4.74 Å². The van der Waals surface area contributed by atoms with Crippen molar-refractivity contribution in [3.05, 3.63) is 33.6 Å². The molecule has 1 aliphatic heterocycles. The minimum atomic E-state index is -0.502. The molecule has 1 saturated heterocycles. The van der Waals surface area contributed by atoms with Crippen molar-refractivity contribution >= 4 is 33.7 Å². The normalized spacial score (nSPS) is 17.2. The highest BCUT2D eigenvalue weighted by Gasteiger charge is 2.33. The number of hydrogen-bond donors (Lipinski definition) is 1. The molecule has 0 unspecified atom stereocenters. The van der Waals surface area contributed by atoms with E-state index < -0.39 is 5.60 Å². The molecule has 28 heavy (non-hydrogen) atoms. The zero-order valence-electron chi connectivity index (χ0n) is 16.0. The molecule has 0 saturated carbocycles. The second-order valence-electron chi connectivity index (χ2n) is 7.71. The molecule has 1 aliphatic rings. The standard InChI is InChI=1S/C18H23N5O3S2/c1-18(2,3)26-17(25)22-7-5-21(6-8-22)13(12-4-9-27-10-12)14-15(24)23-16(28-14)19-11-20-23/h4,9-11,13,24H,5-8H2,1-3H3/t13-/m0/s1. The zero-order chi connectivity index (χ0) is 19.9. The van der Waals surface area contributed by atoms with E-state index >= 15 is 0 Å². The molecule has 0 aliphatic carbocycles. The molecule has 8 nitrogen and oxygen atoms in total. The maximum atomic E-state index is 12.4. The summed E-state index contributed by atoms with van der Waals surface area (Å²) in [6.45, 7) is 8.15. The van der Waals surface area contributed by atoms with Gasteiger partial charge in [0.15, 0.2) is 0 Å². The van der Waals surface area contributed by atoms with Crippen LogP contribution in [-0.2, 0) is 4.74 Å². The lowest BCUT2D eigenvalue weighted by Crippen LogP contribution is -2.50. The molecule has 1 fully saturated rings. The first kappa shape index (κ1) is 19.2. The molecule has 1 N–H and O–H groups in total. The van der Waals surface area contributed by atoms with E-state index in [1.54, 1.807) is 16.2 Å². The van der Waals surface area contributed by atoms with Crippen molar-refractivity contribution in [3.63, 3.8) is 0 Å². The van der Waals surface area contributed by atoms with Crippen LogP contribution in [0, 0.1) is 0 Å². The van der Waals surface area contributed by atoms with Gasteiger partial charge in [-0.2, -0.15) is 21.0 Å². The van der Waals surface area contributed by atoms with Gasteiger partial charge in [0, 0.05) is 26.2 Å². The smallest absolute Gasteiger partial charge is 0.410 e. The average Bonchev–Trinajstić information content (AvgIpc) is 3.36. The Kier molecular flexibility index (Phi) is 5.02. The lowest BCUT2D eigenvalue weighted by atomic mass is 10.1. The number of thiophene rings is 1. The second kappa shape index (κ2) is 7.34. The Morgan fingerprint density at radius 1 is 1.29 bits per heavy atom. The first-order valence-corrected chi connectivity index (χ1v) is 10.8. The summed E-state index contributed by atoms with van der Waals surface area (Å²) in [6, 6.07) is 1.98. The summed E-state index contributed by atoms with van der Waals surface area (Å²) < 4.78 is 6.96. The molecule has 3 aromatic heterocycles. The first-order chi connectivity index (χ1) is 13.3. The zero-order valence-corrected chi connectivity index (χ0v) is 17.7. The van der Waals surface area contributed by atoms with Crippen LogP contribution in [0.1, 0.15) is 37.3 Å². The summed E-state index contributed by atoms with van der Waals surface area (Å²) in [6.07, 6.45) is 1.16. The lowest BCUT2D eigenvalue weighted by Gasteiger charge is -2.39. The van der Waals surface area contributed by atoms with Crippen molar-refractivity contribution < 1.29 is 14.6 Å². The summed E-state index contributed by atoms with van der Waals surface area (Å²) in [7, 11) is 0. The van der Waals surface area contributed by atoms with Crippen molar-refractivity contribution in [2.24, 2.45) is 0 Å². The maximum Gasteiger partial charge on any atom is 0.410 e. The van der Waals surface area contributed by atoms with Crippen molar-refractivity contribution in [2.45, 2.75) is 32.4 Å². The number of aromatic nitrogens is 3. The molecule has 0 aromatic carbocycles. The highest BCUT2D eigenvalue weighted by Crippen LogP contribution is 2.40. The highest BCUT2D eigenvalue weighted by atomic mass is 32.1. The van der Waals surface area contributed by atoms with Crippen molar-refractivity contribution in [1.29, 1.82) is 0 Å². The molecule has 0 spiro atoms. The van der Waals surface area contributed by atoms with E-state index in [0.29, 0.717) is 31.1 Å². The summed E-state index contributed by atoms with van der Waals surface area (Å²) in [5.41, 5.74) is 0.619. The van der Waals surface area contributed by atoms with Crippen LogP contribution in [-0.4, -0.2) is 67.4 Å². The van der Waals surface area contributed by atoms with Gasteiger partial charge in [0.1, 0.15) is 11.9 Å². The van der Waals surface area contributed by atoms with Gasteiger partial charge in [-0.1, -0.05) is 11.3 Å². The average molecular weight is 422 g/mol. The third-order valence-electron chi connectivity index (χ3n) is 4.58. The second-order valence-corrected chi connectivity index (χ2v) is 9.50. The van der Waals surface area contributed by atoms with E-state index in [0.717, 1.165) is 10.4 Å². The van der Waals surface area contributed by atoms with E-state index in [2.05, 4.69) is 26.4 Å². The van der Waals surface area contributed by atoms with Gasteiger partial charge in [-0.05, 0) is 43.2 Å². The van der Waals surface area contributed by atoms with Crippen LogP contribution < -0.4 is 0 Å². The molecule has 0 bridgehead atoms. The molecule has 10 heteroatoms. The Morgan fingerprint density at radius 2 is 2.04 bits per heavy atom. The van der Waals surface area contributed by atoms with Crippen LogP contribution in [0.5, 0.6) is 5.88 Å². The molecule has 0 radical (unpaired) electrons. The van der Waals surface area contributed by atoms with Gasteiger partial charge in [-0.15, -0.1) is 0 Å². The Bertz CT molecular complexity index is 952. The van der Waals surface area contributed by atoms with Gasteiger partial charge in [-0.25, -0.2) is 9.78 Å². The monoisotopic (exact) mass is 421 g/mol. The number of amides is 1. The SMILES string of the molecule is CC(C)(C)OC(=O)N1CCN([C@@H](c2ccsc2)c2sc3ncnn3c2O)CC1. The van der Waals surface area contributed by atoms with Gasteiger partial charge < -0.3 is 14.7 Å². The summed E-state index contributed by atoms with van der Waals surface area (Å²) in [5, 5.41) is 18.9. The number of fused-ring (bicyclic) bond motifs is 1. The van der Waals surface area contributed by atoms with Crippen molar-refractivity contribution in [2.75, 3.05) is 26.2 Å². The van der Waals surface area contributed by atoms with Crippen LogP contribution in [0.4, 0.5) is 4.79 Å². The van der Waals surface area contributed by atoms with Gasteiger partial charge in [-0.3, -0.25) is 4.90 Å². The van der Waals surface area contributed by atoms with Gasteiger partial charge in [0.05, 0.1) is 10.9 Å². The molecule has 4 rings (SSSR count). The topological polar surface area (TPSA) is 83.2 Å². The van der Waals surface area contributed by atoms with E-state index in [1.165, 1.54) is 22.2 Å². The van der Waals surface area contributed by atoms with Crippen LogP contribution in [0.2, 0.25) is 0 Å². The van der Waals surface area contributed by atoms with Crippen LogP contribution in [0.15, 0.2) is 23.2 Å². The summed E-state index contributed by atoms with van der Waals surface area (Å²) >= 11 is 3.07. The van der Waals surface area contributed by atoms with Crippen molar-refractivity contribution in [1.82, 2.24) is 24.4 Å². The number of carbonyl (C=O) groups is 1. The summed E-state index contributed by atoms with van der Waals surface area (Å²) in [4.78, 5) is 22.1. The van der Waals surface area contributed by atoms with Gasteiger partial charge in [0.25, 0.3) is 0 Å². The third kappa shape index (κ3) is 3.71. The molecular weight excluding hydrogens is 398 g/mol. The van der Waals surface area contributed by atoms with Gasteiger partial charge in [0.2, 0.25) is 10.8 Å². The summed E-state index contributed by atoms with van der Waals surface area (Å²) in [5.74, 6) is 0.128. The quantitative estimate of drug-likeness (QED) is 0.699. The molecular formula is C18H23N5O3S2. The fourth-order valence-electron chi connectivity index (χ4n) is 3.32. The predicted molar refractivity (Wildman–Crippen MR) is 108 cm³/mol. The number of piperazine rings is 1. The third-order valence-corrected chi connectivity index (χ3v) is 6.37. The Labute approximate surface area is 171 Å². The Balaban J connectivity index is 1.55. The molecule has 3 aromatic rings. The largest absolute Gasteiger partial charge is 0.492 e. The number of hydrogen-bond acceptors (Lipinski definition) is 8. The van der Waals surface area contributed by atoms with E-state index in [-0.39, 0.29) is 18.0 Å². The van der Waals surface area contributed by atoms with Crippen molar-refractivity contribution in [3.8, 4) is 5.88 Å². The number of ether oxygens (including phenoxy) is 1. The molecule has 150 valence electrons. The first-order valence-electron chi connectivity index (χ1n) is 9.09.